The van der Waals surface area contributed by atoms with Crippen molar-refractivity contribution in [3.63, 3.8) is 0 Å². The topological polar surface area (TPSA) is 38.3 Å². The molecule has 0 heterocycles. The van der Waals surface area contributed by atoms with Crippen LogP contribution in [0.3, 0.4) is 0 Å². The molecular formula is C13H16BrNO2. The Morgan fingerprint density at radius 2 is 2.06 bits per heavy atom. The summed E-state index contributed by atoms with van der Waals surface area (Å²) in [5, 5.41) is 3.58. The second-order valence-electron chi connectivity index (χ2n) is 3.49. The summed E-state index contributed by atoms with van der Waals surface area (Å²) in [7, 11) is 0. The normalized spacial score (nSPS) is 10.5. The fourth-order valence-electron chi connectivity index (χ4n) is 1.21. The number of nitrogens with one attached hydrogen (secondary N) is 1. The number of carbonyl (C=O) groups excluding carboxylic acids is 1. The molecule has 0 saturated carbocycles. The van der Waals surface area contributed by atoms with Crippen LogP contribution in [-0.2, 0) is 11.3 Å². The molecule has 0 saturated heterocycles. The number of allylic oxidation sites excluding steroid dienone is 1. The number of ether oxygens (including phenoxy) is 1. The molecule has 1 N–H and O–H groups in total. The van der Waals surface area contributed by atoms with Crippen molar-refractivity contribution in [2.45, 2.75) is 13.5 Å². The third-order valence-corrected chi connectivity index (χ3v) is 2.44. The van der Waals surface area contributed by atoms with Crippen LogP contribution in [0, 0.1) is 0 Å². The maximum atomic E-state index is 10.7. The molecule has 0 aliphatic heterocycles. The predicted octanol–water partition coefficient (Wildman–Crippen LogP) is 2.65. The van der Waals surface area contributed by atoms with Gasteiger partial charge in [-0.3, -0.25) is 4.79 Å². The van der Waals surface area contributed by atoms with E-state index in [1.807, 2.05) is 36.4 Å². The number of rotatable bonds is 6. The number of carbonyl (C=O) groups is 1. The van der Waals surface area contributed by atoms with Crippen molar-refractivity contribution in [2.75, 3.05) is 11.9 Å². The second-order valence-corrected chi connectivity index (χ2v) is 4.14. The van der Waals surface area contributed by atoms with E-state index in [1.165, 1.54) is 6.92 Å². The first-order chi connectivity index (χ1) is 8.22. The van der Waals surface area contributed by atoms with E-state index in [9.17, 15) is 4.79 Å². The van der Waals surface area contributed by atoms with Crippen LogP contribution in [0.1, 0.15) is 12.5 Å². The summed E-state index contributed by atoms with van der Waals surface area (Å²) >= 11 is 3.30. The van der Waals surface area contributed by atoms with Crippen LogP contribution in [0.15, 0.2) is 36.4 Å². The largest absolute Gasteiger partial charge is 0.490 e. The molecule has 0 unspecified atom stereocenters. The van der Waals surface area contributed by atoms with Crippen molar-refractivity contribution >= 4 is 21.8 Å². The summed E-state index contributed by atoms with van der Waals surface area (Å²) in [5.41, 5.74) is 1.06. The molecular weight excluding hydrogens is 282 g/mol. The lowest BCUT2D eigenvalue weighted by atomic mass is 10.2. The van der Waals surface area contributed by atoms with Gasteiger partial charge in [0, 0.05) is 18.8 Å². The Hall–Kier alpha value is -1.29. The Morgan fingerprint density at radius 3 is 2.65 bits per heavy atom. The maximum absolute atomic E-state index is 10.7. The SMILES string of the molecule is CC(=O)NCc1ccc(OCC=CCBr)cc1. The van der Waals surface area contributed by atoms with Crippen molar-refractivity contribution in [1.29, 1.82) is 0 Å². The van der Waals surface area contributed by atoms with Crippen molar-refractivity contribution in [3.8, 4) is 5.75 Å². The molecule has 1 amide bonds. The minimum absolute atomic E-state index is 0.0229. The summed E-state index contributed by atoms with van der Waals surface area (Å²) in [5.74, 6) is 0.807. The summed E-state index contributed by atoms with van der Waals surface area (Å²) in [6.45, 7) is 2.63. The highest BCUT2D eigenvalue weighted by atomic mass is 79.9. The third kappa shape index (κ3) is 6.12. The first-order valence-electron chi connectivity index (χ1n) is 5.39. The monoisotopic (exact) mass is 297 g/mol. The van der Waals surface area contributed by atoms with Gasteiger partial charge < -0.3 is 10.1 Å². The van der Waals surface area contributed by atoms with Gasteiger partial charge in [-0.2, -0.15) is 0 Å². The van der Waals surface area contributed by atoms with Gasteiger partial charge >= 0.3 is 0 Å². The average molecular weight is 298 g/mol. The standard InChI is InChI=1S/C13H16BrNO2/c1-11(16)15-10-12-4-6-13(7-5-12)17-9-3-2-8-14/h2-7H,8-10H2,1H3,(H,15,16). The quantitative estimate of drug-likeness (QED) is 0.647. The number of hydrogen-bond acceptors (Lipinski definition) is 2. The highest BCUT2D eigenvalue weighted by Gasteiger charge is 1.96. The molecule has 0 aliphatic rings. The molecule has 0 aliphatic carbocycles. The molecule has 0 bridgehead atoms. The molecule has 0 fully saturated rings. The van der Waals surface area contributed by atoms with E-state index in [0.29, 0.717) is 13.2 Å². The minimum atomic E-state index is -0.0229. The van der Waals surface area contributed by atoms with Crippen LogP contribution in [-0.4, -0.2) is 17.8 Å². The van der Waals surface area contributed by atoms with Crippen LogP contribution < -0.4 is 10.1 Å². The van der Waals surface area contributed by atoms with Gasteiger partial charge in [-0.15, -0.1) is 0 Å². The lowest BCUT2D eigenvalue weighted by molar-refractivity contribution is -0.119. The zero-order valence-corrected chi connectivity index (χ0v) is 11.4. The first kappa shape index (κ1) is 13.8. The van der Waals surface area contributed by atoms with Gasteiger partial charge in [0.1, 0.15) is 12.4 Å². The average Bonchev–Trinajstić information content (AvgIpc) is 2.33. The zero-order valence-electron chi connectivity index (χ0n) is 9.78. The number of amides is 1. The molecule has 17 heavy (non-hydrogen) atoms. The Labute approximate surface area is 110 Å². The van der Waals surface area contributed by atoms with Crippen LogP contribution in [0.2, 0.25) is 0 Å². The molecule has 0 radical (unpaired) electrons. The lowest BCUT2D eigenvalue weighted by Gasteiger charge is -2.05. The summed E-state index contributed by atoms with van der Waals surface area (Å²) in [6, 6.07) is 7.69. The van der Waals surface area contributed by atoms with E-state index in [-0.39, 0.29) is 5.91 Å². The molecule has 1 aromatic carbocycles. The smallest absolute Gasteiger partial charge is 0.217 e. The minimum Gasteiger partial charge on any atom is -0.490 e. The summed E-state index contributed by atoms with van der Waals surface area (Å²) in [6.07, 6.45) is 3.95. The highest BCUT2D eigenvalue weighted by Crippen LogP contribution is 2.12. The molecule has 0 aromatic heterocycles. The third-order valence-electron chi connectivity index (χ3n) is 2.07. The van der Waals surface area contributed by atoms with E-state index in [1.54, 1.807) is 0 Å². The number of benzene rings is 1. The summed E-state index contributed by atoms with van der Waals surface area (Å²) < 4.78 is 5.49. The molecule has 0 spiro atoms. The zero-order chi connectivity index (χ0) is 12.5. The molecule has 4 heteroatoms. The second kappa shape index (κ2) is 7.90. The Kier molecular flexibility index (Phi) is 6.40. The fraction of sp³-hybridized carbons (Fsp3) is 0.308. The Bertz CT molecular complexity index is 374. The van der Waals surface area contributed by atoms with Crippen molar-refractivity contribution in [1.82, 2.24) is 5.32 Å². The van der Waals surface area contributed by atoms with Gasteiger partial charge in [0.05, 0.1) is 0 Å². The van der Waals surface area contributed by atoms with Gasteiger partial charge in [0.2, 0.25) is 5.91 Å². The van der Waals surface area contributed by atoms with Crippen LogP contribution >= 0.6 is 15.9 Å². The summed E-state index contributed by atoms with van der Waals surface area (Å²) in [4.78, 5) is 10.7. The number of halogens is 1. The van der Waals surface area contributed by atoms with Crippen LogP contribution in [0.5, 0.6) is 5.75 Å². The molecule has 1 rings (SSSR count). The maximum Gasteiger partial charge on any atom is 0.217 e. The predicted molar refractivity (Wildman–Crippen MR) is 72.4 cm³/mol. The number of hydrogen-bond donors (Lipinski definition) is 1. The van der Waals surface area contributed by atoms with Crippen molar-refractivity contribution in [3.05, 3.63) is 42.0 Å². The van der Waals surface area contributed by atoms with Gasteiger partial charge in [-0.25, -0.2) is 0 Å². The van der Waals surface area contributed by atoms with Gasteiger partial charge in [-0.1, -0.05) is 40.2 Å². The van der Waals surface area contributed by atoms with Gasteiger partial charge in [-0.05, 0) is 17.7 Å². The highest BCUT2D eigenvalue weighted by molar-refractivity contribution is 9.09. The van der Waals surface area contributed by atoms with Gasteiger partial charge in [0.25, 0.3) is 0 Å². The lowest BCUT2D eigenvalue weighted by Crippen LogP contribution is -2.18. The van der Waals surface area contributed by atoms with Crippen molar-refractivity contribution < 1.29 is 9.53 Å². The van der Waals surface area contributed by atoms with Crippen LogP contribution in [0.25, 0.3) is 0 Å². The van der Waals surface area contributed by atoms with E-state index in [0.717, 1.165) is 16.6 Å². The fourth-order valence-corrected chi connectivity index (χ4v) is 1.47. The molecule has 92 valence electrons. The van der Waals surface area contributed by atoms with Crippen LogP contribution in [0.4, 0.5) is 0 Å². The van der Waals surface area contributed by atoms with E-state index < -0.39 is 0 Å². The molecule has 1 aromatic rings. The Morgan fingerprint density at radius 1 is 1.35 bits per heavy atom. The van der Waals surface area contributed by atoms with E-state index in [2.05, 4.69) is 21.2 Å². The molecule has 0 atom stereocenters. The Balaban J connectivity index is 2.39. The van der Waals surface area contributed by atoms with Crippen molar-refractivity contribution in [2.24, 2.45) is 0 Å². The molecule has 3 nitrogen and oxygen atoms in total. The van der Waals surface area contributed by atoms with Gasteiger partial charge in [0.15, 0.2) is 0 Å². The number of alkyl halides is 1. The van der Waals surface area contributed by atoms with E-state index in [4.69, 9.17) is 4.74 Å². The van der Waals surface area contributed by atoms with E-state index >= 15 is 0 Å². The first-order valence-corrected chi connectivity index (χ1v) is 6.51.